The Bertz CT molecular complexity index is 938. The maximum atomic E-state index is 12.3. The van der Waals surface area contributed by atoms with Crippen LogP contribution >= 0.6 is 0 Å². The minimum Gasteiger partial charge on any atom is -0.390 e. The van der Waals surface area contributed by atoms with Crippen LogP contribution in [0.2, 0.25) is 0 Å². The smallest absolute Gasteiger partial charge is 0.315 e. The molecule has 0 aliphatic heterocycles. The number of carbonyl (C=O) groups excluding carboxylic acids is 1. The van der Waals surface area contributed by atoms with Gasteiger partial charge in [0.25, 0.3) is 0 Å². The van der Waals surface area contributed by atoms with Crippen molar-refractivity contribution in [2.24, 2.45) is 0 Å². The number of aromatic nitrogens is 2. The third-order valence-corrected chi connectivity index (χ3v) is 5.12. The van der Waals surface area contributed by atoms with Crippen molar-refractivity contribution in [3.8, 4) is 0 Å². The van der Waals surface area contributed by atoms with Crippen molar-refractivity contribution < 1.29 is 9.90 Å². The molecule has 2 amide bonds. The number of nitrogens with one attached hydrogen (secondary N) is 2. The van der Waals surface area contributed by atoms with Crippen molar-refractivity contribution >= 4 is 6.03 Å². The average molecular weight is 376 g/mol. The van der Waals surface area contributed by atoms with E-state index in [0.29, 0.717) is 19.4 Å². The zero-order chi connectivity index (χ0) is 19.3. The number of hydrogen-bond acceptors (Lipinski definition) is 3. The van der Waals surface area contributed by atoms with Crippen LogP contribution in [0.3, 0.4) is 0 Å². The molecule has 1 heterocycles. The van der Waals surface area contributed by atoms with Crippen LogP contribution in [-0.2, 0) is 19.4 Å². The van der Waals surface area contributed by atoms with E-state index in [2.05, 4.69) is 32.3 Å². The van der Waals surface area contributed by atoms with E-state index >= 15 is 0 Å². The predicted molar refractivity (Wildman–Crippen MR) is 107 cm³/mol. The first-order valence-electron chi connectivity index (χ1n) is 9.55. The summed E-state index contributed by atoms with van der Waals surface area (Å²) >= 11 is 0. The molecule has 0 spiro atoms. The normalized spacial score (nSPS) is 17.9. The van der Waals surface area contributed by atoms with Crippen LogP contribution in [0.25, 0.3) is 0 Å². The quantitative estimate of drug-likeness (QED) is 0.618. The Kier molecular flexibility index (Phi) is 5.39. The number of rotatable bonds is 6. The van der Waals surface area contributed by atoms with Gasteiger partial charge in [0.1, 0.15) is 5.82 Å². The number of carbonyl (C=O) groups is 1. The molecule has 1 aliphatic carbocycles. The number of hydrogen-bond donors (Lipinski definition) is 3. The summed E-state index contributed by atoms with van der Waals surface area (Å²) in [5.74, 6) is 0.926. The molecule has 6 nitrogen and oxygen atoms in total. The van der Waals surface area contributed by atoms with Crippen LogP contribution in [0.4, 0.5) is 4.79 Å². The van der Waals surface area contributed by atoms with E-state index in [0.717, 1.165) is 23.5 Å². The van der Waals surface area contributed by atoms with Crippen LogP contribution in [0.15, 0.2) is 67.0 Å². The van der Waals surface area contributed by atoms with Gasteiger partial charge in [-0.2, -0.15) is 0 Å². The lowest BCUT2D eigenvalue weighted by atomic mass is 10.1. The Hall–Kier alpha value is -3.12. The third-order valence-electron chi connectivity index (χ3n) is 5.12. The molecule has 3 N–H and O–H groups in total. The molecule has 2 aromatic carbocycles. The van der Waals surface area contributed by atoms with Gasteiger partial charge in [-0.25, -0.2) is 9.78 Å². The fraction of sp³-hybridized carbons (Fsp3) is 0.273. The Labute approximate surface area is 164 Å². The number of nitrogens with zero attached hydrogens (tertiary/aromatic N) is 2. The van der Waals surface area contributed by atoms with Gasteiger partial charge in [0, 0.05) is 38.3 Å². The molecule has 0 fully saturated rings. The van der Waals surface area contributed by atoms with Gasteiger partial charge in [0.05, 0.1) is 12.1 Å². The van der Waals surface area contributed by atoms with E-state index < -0.39 is 6.10 Å². The van der Waals surface area contributed by atoms with Crippen LogP contribution in [0, 0.1) is 0 Å². The lowest BCUT2D eigenvalue weighted by Crippen LogP contribution is -2.41. The summed E-state index contributed by atoms with van der Waals surface area (Å²) in [6, 6.07) is 17.4. The van der Waals surface area contributed by atoms with E-state index in [1.165, 1.54) is 5.56 Å². The minimum atomic E-state index is -0.590. The largest absolute Gasteiger partial charge is 0.390 e. The van der Waals surface area contributed by atoms with Gasteiger partial charge < -0.3 is 20.3 Å². The Morgan fingerprint density at radius 1 is 1.14 bits per heavy atom. The van der Waals surface area contributed by atoms with Crippen molar-refractivity contribution in [3.63, 3.8) is 0 Å². The first-order chi connectivity index (χ1) is 13.7. The molecule has 2 atom stereocenters. The molecule has 144 valence electrons. The fourth-order valence-electron chi connectivity index (χ4n) is 3.72. The zero-order valence-corrected chi connectivity index (χ0v) is 15.6. The lowest BCUT2D eigenvalue weighted by molar-refractivity contribution is 0.142. The van der Waals surface area contributed by atoms with Gasteiger partial charge in [0.15, 0.2) is 0 Å². The second-order valence-electron chi connectivity index (χ2n) is 7.06. The molecular formula is C22H24N4O2. The van der Waals surface area contributed by atoms with E-state index in [1.807, 2.05) is 48.7 Å². The van der Waals surface area contributed by atoms with Gasteiger partial charge >= 0.3 is 6.03 Å². The SMILES string of the molecule is O=C(NCCc1nccn1Cc1ccccc1)NC1c2ccccc2CC1O. The predicted octanol–water partition coefficient (Wildman–Crippen LogP) is 2.43. The van der Waals surface area contributed by atoms with Crippen molar-refractivity contribution in [1.82, 2.24) is 20.2 Å². The maximum Gasteiger partial charge on any atom is 0.315 e. The zero-order valence-electron chi connectivity index (χ0n) is 15.6. The molecule has 4 rings (SSSR count). The van der Waals surface area contributed by atoms with Crippen LogP contribution < -0.4 is 10.6 Å². The van der Waals surface area contributed by atoms with Crippen molar-refractivity contribution in [2.75, 3.05) is 6.54 Å². The summed E-state index contributed by atoms with van der Waals surface area (Å²) in [7, 11) is 0. The molecule has 1 aliphatic rings. The number of amides is 2. The molecule has 0 saturated carbocycles. The maximum absolute atomic E-state index is 12.3. The molecule has 0 saturated heterocycles. The Morgan fingerprint density at radius 3 is 2.79 bits per heavy atom. The molecule has 0 bridgehead atoms. The summed E-state index contributed by atoms with van der Waals surface area (Å²) in [6.45, 7) is 1.23. The van der Waals surface area contributed by atoms with Crippen LogP contribution in [0.1, 0.15) is 28.6 Å². The standard InChI is InChI=1S/C22H24N4O2/c27-19-14-17-8-4-5-9-18(17)21(19)25-22(28)24-11-10-20-23-12-13-26(20)15-16-6-2-1-3-7-16/h1-9,12-13,19,21,27H,10-11,14-15H2,(H2,24,25,28). The Morgan fingerprint density at radius 2 is 1.93 bits per heavy atom. The molecule has 6 heteroatoms. The highest BCUT2D eigenvalue weighted by molar-refractivity contribution is 5.74. The number of urea groups is 1. The highest BCUT2D eigenvalue weighted by Crippen LogP contribution is 2.30. The molecule has 1 aromatic heterocycles. The first-order valence-corrected chi connectivity index (χ1v) is 9.55. The summed E-state index contributed by atoms with van der Waals surface area (Å²) in [5.41, 5.74) is 3.29. The third kappa shape index (κ3) is 4.07. The fourth-order valence-corrected chi connectivity index (χ4v) is 3.72. The van der Waals surface area contributed by atoms with Gasteiger partial charge in [-0.05, 0) is 16.7 Å². The second-order valence-corrected chi connectivity index (χ2v) is 7.06. The lowest BCUT2D eigenvalue weighted by Gasteiger charge is -2.18. The summed E-state index contributed by atoms with van der Waals surface area (Å²) in [4.78, 5) is 16.7. The number of aliphatic hydroxyl groups is 1. The number of fused-ring (bicyclic) bond motifs is 1. The highest BCUT2D eigenvalue weighted by atomic mass is 16.3. The van der Waals surface area contributed by atoms with Gasteiger partial charge in [0.2, 0.25) is 0 Å². The molecule has 3 aromatic rings. The van der Waals surface area contributed by atoms with Crippen molar-refractivity contribution in [2.45, 2.75) is 31.5 Å². The molecule has 0 radical (unpaired) electrons. The van der Waals surface area contributed by atoms with Crippen LogP contribution in [-0.4, -0.2) is 33.3 Å². The number of imidazole rings is 1. The monoisotopic (exact) mass is 376 g/mol. The van der Waals surface area contributed by atoms with Gasteiger partial charge in [-0.1, -0.05) is 54.6 Å². The van der Waals surface area contributed by atoms with Gasteiger partial charge in [-0.3, -0.25) is 0 Å². The summed E-state index contributed by atoms with van der Waals surface area (Å²) in [6.07, 6.45) is 4.35. The van der Waals surface area contributed by atoms with Crippen LogP contribution in [0.5, 0.6) is 0 Å². The van der Waals surface area contributed by atoms with E-state index in [9.17, 15) is 9.90 Å². The van der Waals surface area contributed by atoms with Gasteiger partial charge in [-0.15, -0.1) is 0 Å². The summed E-state index contributed by atoms with van der Waals surface area (Å²) < 4.78 is 2.09. The average Bonchev–Trinajstić information content (AvgIpc) is 3.27. The number of aliphatic hydroxyl groups excluding tert-OH is 1. The van der Waals surface area contributed by atoms with Crippen molar-refractivity contribution in [1.29, 1.82) is 0 Å². The summed E-state index contributed by atoms with van der Waals surface area (Å²) in [5, 5.41) is 16.0. The number of benzene rings is 2. The van der Waals surface area contributed by atoms with Crippen molar-refractivity contribution in [3.05, 3.63) is 89.5 Å². The van der Waals surface area contributed by atoms with E-state index in [-0.39, 0.29) is 12.1 Å². The highest BCUT2D eigenvalue weighted by Gasteiger charge is 2.31. The minimum absolute atomic E-state index is 0.276. The topological polar surface area (TPSA) is 79.2 Å². The van der Waals surface area contributed by atoms with E-state index in [4.69, 9.17) is 0 Å². The first kappa shape index (κ1) is 18.3. The second kappa shape index (κ2) is 8.27. The molecular weight excluding hydrogens is 352 g/mol. The molecule has 28 heavy (non-hydrogen) atoms. The van der Waals surface area contributed by atoms with E-state index in [1.54, 1.807) is 6.20 Å². The molecule has 2 unspecified atom stereocenters. The Balaban J connectivity index is 1.29.